The van der Waals surface area contributed by atoms with Crippen molar-refractivity contribution >= 4 is 11.7 Å². The van der Waals surface area contributed by atoms with Crippen LogP contribution in [0.2, 0.25) is 0 Å². The van der Waals surface area contributed by atoms with Crippen LogP contribution in [0.25, 0.3) is 0 Å². The molecule has 0 fully saturated rings. The summed E-state index contributed by atoms with van der Waals surface area (Å²) in [5.74, 6) is 1.23. The van der Waals surface area contributed by atoms with E-state index in [1.807, 2.05) is 32.0 Å². The number of hydrogen-bond donors (Lipinski definition) is 1. The van der Waals surface area contributed by atoms with Crippen molar-refractivity contribution in [3.63, 3.8) is 0 Å². The number of carbonyl (C=O) groups excluding carboxylic acids is 1. The van der Waals surface area contributed by atoms with E-state index in [9.17, 15) is 9.18 Å². The zero-order valence-electron chi connectivity index (χ0n) is 17.3. The Morgan fingerprint density at radius 1 is 1.10 bits per heavy atom. The largest absolute Gasteiger partial charge is 0.485 e. The lowest BCUT2D eigenvalue weighted by molar-refractivity contribution is 0.0992. The van der Waals surface area contributed by atoms with Crippen molar-refractivity contribution in [2.45, 2.75) is 27.0 Å². The SMILES string of the molecule is Cc1ccc(C)c(OCc2ccc(C(=O)Nc3ccn(Cc4ccc(F)cc4)n3)o2)c1. The monoisotopic (exact) mass is 419 g/mol. The molecule has 0 saturated heterocycles. The van der Waals surface area contributed by atoms with Gasteiger partial charge in [-0.1, -0.05) is 24.3 Å². The zero-order chi connectivity index (χ0) is 21.8. The molecule has 4 rings (SSSR count). The number of aromatic nitrogens is 2. The summed E-state index contributed by atoms with van der Waals surface area (Å²) in [7, 11) is 0. The summed E-state index contributed by atoms with van der Waals surface area (Å²) in [5, 5.41) is 7.03. The molecule has 0 spiro atoms. The number of amides is 1. The molecule has 0 bridgehead atoms. The third-order valence-electron chi connectivity index (χ3n) is 4.74. The standard InChI is InChI=1S/C24H22FN3O3/c1-16-3-4-17(2)22(13-16)30-15-20-9-10-21(31-20)24(29)26-23-11-12-28(27-23)14-18-5-7-19(25)8-6-18/h3-13H,14-15H2,1-2H3,(H,26,27,29). The summed E-state index contributed by atoms with van der Waals surface area (Å²) in [5.41, 5.74) is 3.05. The van der Waals surface area contributed by atoms with Gasteiger partial charge in [0.05, 0.1) is 6.54 Å². The average molecular weight is 419 g/mol. The van der Waals surface area contributed by atoms with Crippen molar-refractivity contribution < 1.29 is 18.3 Å². The molecule has 7 heteroatoms. The van der Waals surface area contributed by atoms with Crippen molar-refractivity contribution in [2.24, 2.45) is 0 Å². The molecule has 158 valence electrons. The van der Waals surface area contributed by atoms with Gasteiger partial charge in [-0.2, -0.15) is 5.10 Å². The Kier molecular flexibility index (Phi) is 5.84. The van der Waals surface area contributed by atoms with Gasteiger partial charge in [0, 0.05) is 12.3 Å². The lowest BCUT2D eigenvalue weighted by Crippen LogP contribution is -2.12. The zero-order valence-corrected chi connectivity index (χ0v) is 17.3. The van der Waals surface area contributed by atoms with E-state index in [4.69, 9.17) is 9.15 Å². The van der Waals surface area contributed by atoms with E-state index in [2.05, 4.69) is 10.4 Å². The van der Waals surface area contributed by atoms with Crippen LogP contribution in [-0.4, -0.2) is 15.7 Å². The summed E-state index contributed by atoms with van der Waals surface area (Å²) >= 11 is 0. The molecule has 0 saturated carbocycles. The van der Waals surface area contributed by atoms with E-state index >= 15 is 0 Å². The molecule has 31 heavy (non-hydrogen) atoms. The Morgan fingerprint density at radius 2 is 1.90 bits per heavy atom. The maximum atomic E-state index is 13.0. The van der Waals surface area contributed by atoms with Gasteiger partial charge in [0.1, 0.15) is 23.9 Å². The van der Waals surface area contributed by atoms with Crippen LogP contribution in [0.4, 0.5) is 10.2 Å². The number of ether oxygens (including phenoxy) is 1. The summed E-state index contributed by atoms with van der Waals surface area (Å²) < 4.78 is 26.1. The van der Waals surface area contributed by atoms with Gasteiger partial charge in [-0.15, -0.1) is 0 Å². The van der Waals surface area contributed by atoms with Gasteiger partial charge in [-0.05, 0) is 60.9 Å². The van der Waals surface area contributed by atoms with E-state index in [1.165, 1.54) is 12.1 Å². The molecule has 0 radical (unpaired) electrons. The van der Waals surface area contributed by atoms with Gasteiger partial charge in [-0.3, -0.25) is 9.48 Å². The highest BCUT2D eigenvalue weighted by molar-refractivity contribution is 6.01. The van der Waals surface area contributed by atoms with Gasteiger partial charge < -0.3 is 14.5 Å². The Labute approximate surface area is 179 Å². The number of nitrogens with zero attached hydrogens (tertiary/aromatic N) is 2. The molecule has 6 nitrogen and oxygen atoms in total. The van der Waals surface area contributed by atoms with Crippen LogP contribution in [0.15, 0.2) is 71.3 Å². The van der Waals surface area contributed by atoms with Crippen molar-refractivity contribution in [3.8, 4) is 5.75 Å². The molecular formula is C24H22FN3O3. The van der Waals surface area contributed by atoms with Crippen LogP contribution in [0.5, 0.6) is 5.75 Å². The van der Waals surface area contributed by atoms with Crippen LogP contribution >= 0.6 is 0 Å². The normalized spacial score (nSPS) is 10.8. The first kappa shape index (κ1) is 20.4. The predicted molar refractivity (Wildman–Crippen MR) is 115 cm³/mol. The second kappa shape index (κ2) is 8.87. The lowest BCUT2D eigenvalue weighted by Gasteiger charge is -2.08. The first-order valence-corrected chi connectivity index (χ1v) is 9.84. The number of hydrogen-bond acceptors (Lipinski definition) is 4. The number of rotatable bonds is 7. The Balaban J connectivity index is 1.34. The molecule has 4 aromatic rings. The Hall–Kier alpha value is -3.87. The topological polar surface area (TPSA) is 69.3 Å². The molecule has 2 heterocycles. The first-order chi connectivity index (χ1) is 15.0. The van der Waals surface area contributed by atoms with Crippen LogP contribution in [-0.2, 0) is 13.2 Å². The minimum atomic E-state index is -0.398. The maximum Gasteiger partial charge on any atom is 0.292 e. The quantitative estimate of drug-likeness (QED) is 0.452. The molecule has 1 amide bonds. The number of benzene rings is 2. The highest BCUT2D eigenvalue weighted by atomic mass is 19.1. The van der Waals surface area contributed by atoms with Crippen LogP contribution in [0, 0.1) is 19.7 Å². The summed E-state index contributed by atoms with van der Waals surface area (Å²) in [6.45, 7) is 4.67. The van der Waals surface area contributed by atoms with E-state index in [1.54, 1.807) is 41.2 Å². The summed E-state index contributed by atoms with van der Waals surface area (Å²) in [6.07, 6.45) is 1.74. The van der Waals surface area contributed by atoms with Crippen LogP contribution in [0.3, 0.4) is 0 Å². The van der Waals surface area contributed by atoms with Crippen LogP contribution < -0.4 is 10.1 Å². The minimum Gasteiger partial charge on any atom is -0.485 e. The van der Waals surface area contributed by atoms with Gasteiger partial charge in [0.25, 0.3) is 5.91 Å². The smallest absolute Gasteiger partial charge is 0.292 e. The fourth-order valence-corrected chi connectivity index (χ4v) is 3.06. The first-order valence-electron chi connectivity index (χ1n) is 9.84. The van der Waals surface area contributed by atoms with E-state index in [0.717, 1.165) is 22.4 Å². The second-order valence-corrected chi connectivity index (χ2v) is 7.30. The van der Waals surface area contributed by atoms with Gasteiger partial charge in [-0.25, -0.2) is 4.39 Å². The van der Waals surface area contributed by atoms with Crippen molar-refractivity contribution in [2.75, 3.05) is 5.32 Å². The molecule has 0 unspecified atom stereocenters. The number of halogens is 1. The molecule has 1 N–H and O–H groups in total. The van der Waals surface area contributed by atoms with Gasteiger partial charge >= 0.3 is 0 Å². The molecule has 0 aliphatic rings. The van der Waals surface area contributed by atoms with E-state index < -0.39 is 5.91 Å². The Bertz CT molecular complexity index is 1200. The van der Waals surface area contributed by atoms with Crippen molar-refractivity contribution in [1.82, 2.24) is 9.78 Å². The third-order valence-corrected chi connectivity index (χ3v) is 4.74. The number of nitrogens with one attached hydrogen (secondary N) is 1. The van der Waals surface area contributed by atoms with Crippen LogP contribution in [0.1, 0.15) is 33.0 Å². The second-order valence-electron chi connectivity index (χ2n) is 7.30. The number of aryl methyl sites for hydroxylation is 2. The highest BCUT2D eigenvalue weighted by Crippen LogP contribution is 2.21. The summed E-state index contributed by atoms with van der Waals surface area (Å²) in [6, 6.07) is 17.2. The van der Waals surface area contributed by atoms with E-state index in [-0.39, 0.29) is 18.2 Å². The molecular weight excluding hydrogens is 397 g/mol. The van der Waals surface area contributed by atoms with E-state index in [0.29, 0.717) is 18.1 Å². The number of furan rings is 1. The minimum absolute atomic E-state index is 0.174. The summed E-state index contributed by atoms with van der Waals surface area (Å²) in [4.78, 5) is 12.5. The van der Waals surface area contributed by atoms with Gasteiger partial charge in [0.15, 0.2) is 11.6 Å². The van der Waals surface area contributed by atoms with Gasteiger partial charge in [0.2, 0.25) is 0 Å². The van der Waals surface area contributed by atoms with Crippen molar-refractivity contribution in [1.29, 1.82) is 0 Å². The number of anilines is 1. The highest BCUT2D eigenvalue weighted by Gasteiger charge is 2.14. The molecule has 0 atom stereocenters. The third kappa shape index (κ3) is 5.19. The molecule has 2 aromatic heterocycles. The molecule has 0 aliphatic heterocycles. The number of carbonyl (C=O) groups is 1. The Morgan fingerprint density at radius 3 is 2.71 bits per heavy atom. The van der Waals surface area contributed by atoms with Crippen molar-refractivity contribution in [3.05, 3.63) is 101 Å². The fourth-order valence-electron chi connectivity index (χ4n) is 3.06. The average Bonchev–Trinajstić information content (AvgIpc) is 3.40. The maximum absolute atomic E-state index is 13.0. The molecule has 0 aliphatic carbocycles. The fraction of sp³-hybridized carbons (Fsp3) is 0.167. The predicted octanol–water partition coefficient (Wildman–Crippen LogP) is 5.11. The molecule has 2 aromatic carbocycles. The lowest BCUT2D eigenvalue weighted by atomic mass is 10.1.